The molecule has 2 unspecified atom stereocenters. The zero-order chi connectivity index (χ0) is 15.3. The Morgan fingerprint density at radius 2 is 1.75 bits per heavy atom. The molecular formula is C15H21NO4. The zero-order valence-corrected chi connectivity index (χ0v) is 12.0. The van der Waals surface area contributed by atoms with Gasteiger partial charge in [-0.25, -0.2) is 0 Å². The Morgan fingerprint density at radius 3 is 2.25 bits per heavy atom. The summed E-state index contributed by atoms with van der Waals surface area (Å²) in [6.07, 6.45) is 0. The zero-order valence-electron chi connectivity index (χ0n) is 12.0. The minimum Gasteiger partial charge on any atom is -0.481 e. The number of carbonyl (C=O) groups is 2. The van der Waals surface area contributed by atoms with Crippen LogP contribution >= 0.6 is 0 Å². The number of benzene rings is 1. The molecule has 0 aliphatic carbocycles. The van der Waals surface area contributed by atoms with Crippen molar-refractivity contribution in [2.45, 2.75) is 33.4 Å². The van der Waals surface area contributed by atoms with E-state index in [1.165, 1.54) is 0 Å². The van der Waals surface area contributed by atoms with Crippen molar-refractivity contribution in [2.75, 3.05) is 6.54 Å². The van der Waals surface area contributed by atoms with Gasteiger partial charge in [0.1, 0.15) is 6.04 Å². The third kappa shape index (κ3) is 4.35. The number of aliphatic carboxylic acids is 2. The fourth-order valence-electron chi connectivity index (χ4n) is 1.95. The van der Waals surface area contributed by atoms with Crippen molar-refractivity contribution in [3.63, 3.8) is 0 Å². The SMILES string of the molecule is Cc1ccccc1CN(CC(C)C(=O)O)C(C)C(=O)O. The lowest BCUT2D eigenvalue weighted by Crippen LogP contribution is -2.42. The van der Waals surface area contributed by atoms with Crippen LogP contribution in [0.2, 0.25) is 0 Å². The van der Waals surface area contributed by atoms with Crippen molar-refractivity contribution in [1.29, 1.82) is 0 Å². The second kappa shape index (κ2) is 7.05. The van der Waals surface area contributed by atoms with Gasteiger partial charge in [0.15, 0.2) is 0 Å². The molecule has 0 fully saturated rings. The molecular weight excluding hydrogens is 258 g/mol. The van der Waals surface area contributed by atoms with E-state index >= 15 is 0 Å². The van der Waals surface area contributed by atoms with Gasteiger partial charge in [-0.05, 0) is 25.0 Å². The lowest BCUT2D eigenvalue weighted by Gasteiger charge is -2.28. The molecule has 0 bridgehead atoms. The molecule has 1 aromatic rings. The van der Waals surface area contributed by atoms with E-state index in [9.17, 15) is 9.59 Å². The monoisotopic (exact) mass is 279 g/mol. The van der Waals surface area contributed by atoms with Crippen LogP contribution in [0.3, 0.4) is 0 Å². The molecule has 2 N–H and O–H groups in total. The molecule has 0 aliphatic rings. The molecule has 1 rings (SSSR count). The summed E-state index contributed by atoms with van der Waals surface area (Å²) >= 11 is 0. The molecule has 0 heterocycles. The van der Waals surface area contributed by atoms with Crippen molar-refractivity contribution in [1.82, 2.24) is 4.90 Å². The molecule has 0 saturated heterocycles. The van der Waals surface area contributed by atoms with Gasteiger partial charge in [0.05, 0.1) is 5.92 Å². The van der Waals surface area contributed by atoms with Gasteiger partial charge in [-0.1, -0.05) is 31.2 Å². The Kier molecular flexibility index (Phi) is 5.70. The van der Waals surface area contributed by atoms with E-state index in [0.717, 1.165) is 11.1 Å². The van der Waals surface area contributed by atoms with E-state index in [4.69, 9.17) is 10.2 Å². The molecule has 0 radical (unpaired) electrons. The number of rotatable bonds is 7. The highest BCUT2D eigenvalue weighted by atomic mass is 16.4. The highest BCUT2D eigenvalue weighted by Crippen LogP contribution is 2.15. The third-order valence-corrected chi connectivity index (χ3v) is 3.47. The largest absolute Gasteiger partial charge is 0.481 e. The summed E-state index contributed by atoms with van der Waals surface area (Å²) in [6, 6.07) is 6.98. The van der Waals surface area contributed by atoms with E-state index < -0.39 is 23.9 Å². The quantitative estimate of drug-likeness (QED) is 0.798. The van der Waals surface area contributed by atoms with Crippen molar-refractivity contribution in [2.24, 2.45) is 5.92 Å². The van der Waals surface area contributed by atoms with Crippen LogP contribution in [0.5, 0.6) is 0 Å². The maximum atomic E-state index is 11.2. The maximum absolute atomic E-state index is 11.2. The van der Waals surface area contributed by atoms with Crippen LogP contribution in [0.25, 0.3) is 0 Å². The Morgan fingerprint density at radius 1 is 1.15 bits per heavy atom. The van der Waals surface area contributed by atoms with Crippen LogP contribution in [0.15, 0.2) is 24.3 Å². The molecule has 110 valence electrons. The number of aryl methyl sites for hydroxylation is 1. The summed E-state index contributed by atoms with van der Waals surface area (Å²) in [5.41, 5.74) is 2.08. The minimum absolute atomic E-state index is 0.205. The van der Waals surface area contributed by atoms with Gasteiger partial charge in [0, 0.05) is 13.1 Å². The standard InChI is InChI=1S/C15H21NO4/c1-10-6-4-5-7-13(10)9-16(12(3)15(19)20)8-11(2)14(17)18/h4-7,11-12H,8-9H2,1-3H3,(H,17,18)(H,19,20). The van der Waals surface area contributed by atoms with Gasteiger partial charge < -0.3 is 10.2 Å². The summed E-state index contributed by atoms with van der Waals surface area (Å²) < 4.78 is 0. The Balaban J connectivity index is 2.90. The summed E-state index contributed by atoms with van der Waals surface area (Å²) in [5, 5.41) is 18.2. The maximum Gasteiger partial charge on any atom is 0.320 e. The lowest BCUT2D eigenvalue weighted by molar-refractivity contribution is -0.147. The van der Waals surface area contributed by atoms with Gasteiger partial charge in [0.2, 0.25) is 0 Å². The molecule has 0 aliphatic heterocycles. The number of carboxylic acids is 2. The number of hydrogen-bond donors (Lipinski definition) is 2. The van der Waals surface area contributed by atoms with Crippen LogP contribution < -0.4 is 0 Å². The third-order valence-electron chi connectivity index (χ3n) is 3.47. The van der Waals surface area contributed by atoms with Crippen molar-refractivity contribution in [3.05, 3.63) is 35.4 Å². The molecule has 20 heavy (non-hydrogen) atoms. The summed E-state index contributed by atoms with van der Waals surface area (Å²) in [6.45, 7) is 5.76. The molecule has 2 atom stereocenters. The normalized spacial score (nSPS) is 14.0. The fourth-order valence-corrected chi connectivity index (χ4v) is 1.95. The van der Waals surface area contributed by atoms with Crippen molar-refractivity contribution in [3.8, 4) is 0 Å². The first-order valence-corrected chi connectivity index (χ1v) is 6.57. The van der Waals surface area contributed by atoms with Crippen molar-refractivity contribution >= 4 is 11.9 Å². The number of hydrogen-bond acceptors (Lipinski definition) is 3. The Hall–Kier alpha value is -1.88. The van der Waals surface area contributed by atoms with E-state index in [1.54, 1.807) is 18.7 Å². The average molecular weight is 279 g/mol. The fraction of sp³-hybridized carbons (Fsp3) is 0.467. The first-order chi connectivity index (χ1) is 9.32. The number of nitrogens with zero attached hydrogens (tertiary/aromatic N) is 1. The lowest BCUT2D eigenvalue weighted by atomic mass is 10.1. The first-order valence-electron chi connectivity index (χ1n) is 6.57. The van der Waals surface area contributed by atoms with Gasteiger partial charge in [-0.15, -0.1) is 0 Å². The van der Waals surface area contributed by atoms with Gasteiger partial charge >= 0.3 is 11.9 Å². The first kappa shape index (κ1) is 16.2. The van der Waals surface area contributed by atoms with Gasteiger partial charge in [-0.2, -0.15) is 0 Å². The van der Waals surface area contributed by atoms with Crippen LogP contribution in [0, 0.1) is 12.8 Å². The van der Waals surface area contributed by atoms with E-state index in [-0.39, 0.29) is 6.54 Å². The van der Waals surface area contributed by atoms with Gasteiger partial charge in [0.25, 0.3) is 0 Å². The summed E-state index contributed by atoms with van der Waals surface area (Å²) in [4.78, 5) is 23.8. The van der Waals surface area contributed by atoms with E-state index in [1.807, 2.05) is 31.2 Å². The van der Waals surface area contributed by atoms with E-state index in [0.29, 0.717) is 6.54 Å². The highest BCUT2D eigenvalue weighted by molar-refractivity contribution is 5.73. The highest BCUT2D eigenvalue weighted by Gasteiger charge is 2.25. The molecule has 5 nitrogen and oxygen atoms in total. The molecule has 0 aromatic heterocycles. The Labute approximate surface area is 118 Å². The predicted octanol–water partition coefficient (Wildman–Crippen LogP) is 1.99. The summed E-state index contributed by atoms with van der Waals surface area (Å²) in [5.74, 6) is -2.48. The smallest absolute Gasteiger partial charge is 0.320 e. The second-order valence-electron chi connectivity index (χ2n) is 5.11. The predicted molar refractivity (Wildman–Crippen MR) is 75.5 cm³/mol. The van der Waals surface area contributed by atoms with Crippen LogP contribution in [-0.2, 0) is 16.1 Å². The minimum atomic E-state index is -0.948. The molecule has 5 heteroatoms. The molecule has 1 aromatic carbocycles. The van der Waals surface area contributed by atoms with Crippen molar-refractivity contribution < 1.29 is 19.8 Å². The molecule has 0 amide bonds. The molecule has 0 saturated carbocycles. The summed E-state index contributed by atoms with van der Waals surface area (Å²) in [7, 11) is 0. The Bertz CT molecular complexity index is 487. The molecule has 0 spiro atoms. The van der Waals surface area contributed by atoms with Crippen LogP contribution in [0.4, 0.5) is 0 Å². The van der Waals surface area contributed by atoms with Crippen LogP contribution in [0.1, 0.15) is 25.0 Å². The van der Waals surface area contributed by atoms with E-state index in [2.05, 4.69) is 0 Å². The second-order valence-corrected chi connectivity index (χ2v) is 5.11. The average Bonchev–Trinajstić information content (AvgIpc) is 2.39. The topological polar surface area (TPSA) is 77.8 Å². The van der Waals surface area contributed by atoms with Gasteiger partial charge in [-0.3, -0.25) is 14.5 Å². The number of carboxylic acid groups (broad SMARTS) is 2. The van der Waals surface area contributed by atoms with Crippen LogP contribution in [-0.4, -0.2) is 39.6 Å².